The van der Waals surface area contributed by atoms with Crippen LogP contribution in [0.4, 0.5) is 11.4 Å². The van der Waals surface area contributed by atoms with Crippen LogP contribution in [0.25, 0.3) is 0 Å². The monoisotopic (exact) mass is 290 g/mol. The molecule has 0 radical (unpaired) electrons. The Morgan fingerprint density at radius 1 is 1.45 bits per heavy atom. The topological polar surface area (TPSA) is 98.7 Å². The van der Waals surface area contributed by atoms with E-state index >= 15 is 0 Å². The summed E-state index contributed by atoms with van der Waals surface area (Å²) in [7, 11) is 0. The summed E-state index contributed by atoms with van der Waals surface area (Å²) < 4.78 is 1.79. The minimum atomic E-state index is -0.127. The van der Waals surface area contributed by atoms with E-state index in [0.29, 0.717) is 22.6 Å². The first kappa shape index (κ1) is 12.9. The van der Waals surface area contributed by atoms with E-state index in [1.807, 2.05) is 12.1 Å². The average Bonchev–Trinajstić information content (AvgIpc) is 3.18. The Kier molecular flexibility index (Phi) is 3.55. The summed E-state index contributed by atoms with van der Waals surface area (Å²) in [4.78, 5) is 11.9. The van der Waals surface area contributed by atoms with Crippen LogP contribution in [0.3, 0.4) is 0 Å². The molecule has 7 nitrogen and oxygen atoms in total. The molecule has 1 saturated carbocycles. The third-order valence-electron chi connectivity index (χ3n) is 2.92. The molecule has 1 aliphatic rings. The molecule has 1 aromatic carbocycles. The Labute approximate surface area is 119 Å². The zero-order valence-corrected chi connectivity index (χ0v) is 11.5. The number of rotatable bonds is 5. The van der Waals surface area contributed by atoms with Gasteiger partial charge in [-0.2, -0.15) is 0 Å². The fraction of sp³-hybridized carbons (Fsp3) is 0.333. The van der Waals surface area contributed by atoms with Crippen LogP contribution in [0.15, 0.2) is 29.4 Å². The molecule has 1 amide bonds. The Balaban J connectivity index is 1.57. The molecule has 2 aromatic rings. The summed E-state index contributed by atoms with van der Waals surface area (Å²) in [6, 6.07) is 7.57. The molecule has 1 fully saturated rings. The summed E-state index contributed by atoms with van der Waals surface area (Å²) >= 11 is 1.33. The highest BCUT2D eigenvalue weighted by Crippen LogP contribution is 2.36. The number of nitrogens with zero attached hydrogens (tertiary/aromatic N) is 4. The summed E-state index contributed by atoms with van der Waals surface area (Å²) in [5, 5.41) is 15.0. The maximum atomic E-state index is 11.9. The van der Waals surface area contributed by atoms with Crippen molar-refractivity contribution < 1.29 is 4.79 Å². The molecule has 0 atom stereocenters. The summed E-state index contributed by atoms with van der Waals surface area (Å²) in [6.07, 6.45) is 2.21. The minimum Gasteiger partial charge on any atom is -0.397 e. The molecule has 3 rings (SSSR count). The van der Waals surface area contributed by atoms with Crippen LogP contribution < -0.4 is 11.1 Å². The van der Waals surface area contributed by atoms with Gasteiger partial charge in [0.15, 0.2) is 0 Å². The van der Waals surface area contributed by atoms with Crippen LogP contribution in [-0.2, 0) is 4.79 Å². The quantitative estimate of drug-likeness (QED) is 0.636. The third-order valence-corrected chi connectivity index (χ3v) is 3.86. The van der Waals surface area contributed by atoms with Gasteiger partial charge in [-0.05, 0) is 35.4 Å². The lowest BCUT2D eigenvalue weighted by Crippen LogP contribution is -2.15. The predicted octanol–water partition coefficient (Wildman–Crippen LogP) is 1.32. The van der Waals surface area contributed by atoms with Crippen LogP contribution in [0.1, 0.15) is 18.9 Å². The molecule has 0 aliphatic heterocycles. The van der Waals surface area contributed by atoms with Gasteiger partial charge in [0.1, 0.15) is 0 Å². The van der Waals surface area contributed by atoms with Crippen LogP contribution in [-0.4, -0.2) is 31.9 Å². The highest BCUT2D eigenvalue weighted by Gasteiger charge is 2.28. The molecule has 104 valence electrons. The Hall–Kier alpha value is -2.09. The number of benzene rings is 1. The van der Waals surface area contributed by atoms with Crippen molar-refractivity contribution in [1.29, 1.82) is 0 Å². The maximum absolute atomic E-state index is 11.9. The van der Waals surface area contributed by atoms with Gasteiger partial charge in [0, 0.05) is 0 Å². The van der Waals surface area contributed by atoms with Crippen molar-refractivity contribution in [2.45, 2.75) is 24.0 Å². The van der Waals surface area contributed by atoms with Crippen LogP contribution in [0.5, 0.6) is 0 Å². The second kappa shape index (κ2) is 5.49. The van der Waals surface area contributed by atoms with Gasteiger partial charge in [-0.1, -0.05) is 23.9 Å². The fourth-order valence-electron chi connectivity index (χ4n) is 1.76. The summed E-state index contributed by atoms with van der Waals surface area (Å²) in [6.45, 7) is 0. The maximum Gasteiger partial charge on any atom is 0.234 e. The number of tetrazole rings is 1. The molecule has 0 bridgehead atoms. The standard InChI is InChI=1S/C12H14N6OS/c13-9-3-1-2-4-10(9)14-11(19)7-20-12-15-16-17-18(12)8-5-6-8/h1-4,8H,5-7,13H2,(H,14,19). The Morgan fingerprint density at radius 3 is 3.00 bits per heavy atom. The van der Waals surface area contributed by atoms with E-state index in [2.05, 4.69) is 20.8 Å². The molecule has 8 heteroatoms. The van der Waals surface area contributed by atoms with Gasteiger partial charge in [0.2, 0.25) is 11.1 Å². The molecule has 3 N–H and O–H groups in total. The van der Waals surface area contributed by atoms with Crippen LogP contribution in [0.2, 0.25) is 0 Å². The van der Waals surface area contributed by atoms with Gasteiger partial charge in [-0.25, -0.2) is 4.68 Å². The van der Waals surface area contributed by atoms with Gasteiger partial charge < -0.3 is 11.1 Å². The van der Waals surface area contributed by atoms with Gasteiger partial charge in [-0.15, -0.1) is 5.10 Å². The van der Waals surface area contributed by atoms with Crippen molar-refractivity contribution in [3.05, 3.63) is 24.3 Å². The third kappa shape index (κ3) is 2.90. The molecule has 0 saturated heterocycles. The van der Waals surface area contributed by atoms with E-state index in [4.69, 9.17) is 5.73 Å². The van der Waals surface area contributed by atoms with Crippen molar-refractivity contribution in [3.8, 4) is 0 Å². The number of anilines is 2. The zero-order chi connectivity index (χ0) is 13.9. The van der Waals surface area contributed by atoms with Gasteiger partial charge in [-0.3, -0.25) is 4.79 Å². The highest BCUT2D eigenvalue weighted by molar-refractivity contribution is 7.99. The first-order valence-corrected chi connectivity index (χ1v) is 7.27. The number of aromatic nitrogens is 4. The lowest BCUT2D eigenvalue weighted by atomic mass is 10.3. The number of nitrogens with two attached hydrogens (primary N) is 1. The Bertz CT molecular complexity index is 624. The molecular formula is C12H14N6OS. The number of nitrogens with one attached hydrogen (secondary N) is 1. The second-order valence-corrected chi connectivity index (χ2v) is 5.50. The number of nitrogen functional groups attached to an aromatic ring is 1. The van der Waals surface area contributed by atoms with Crippen molar-refractivity contribution in [3.63, 3.8) is 0 Å². The number of hydrogen-bond donors (Lipinski definition) is 2. The average molecular weight is 290 g/mol. The lowest BCUT2D eigenvalue weighted by Gasteiger charge is -2.07. The number of carbonyl (C=O) groups excluding carboxylic acids is 1. The number of hydrogen-bond acceptors (Lipinski definition) is 6. The molecule has 1 heterocycles. The van der Waals surface area contributed by atoms with Crippen LogP contribution >= 0.6 is 11.8 Å². The van der Waals surface area contributed by atoms with Crippen molar-refractivity contribution >= 4 is 29.0 Å². The van der Waals surface area contributed by atoms with E-state index in [0.717, 1.165) is 12.8 Å². The van der Waals surface area contributed by atoms with E-state index in [-0.39, 0.29) is 11.7 Å². The second-order valence-electron chi connectivity index (χ2n) is 4.56. The van der Waals surface area contributed by atoms with Crippen molar-refractivity contribution in [1.82, 2.24) is 20.2 Å². The Morgan fingerprint density at radius 2 is 2.25 bits per heavy atom. The number of para-hydroxylation sites is 2. The molecule has 1 aromatic heterocycles. The molecule has 0 unspecified atom stereocenters. The summed E-state index contributed by atoms with van der Waals surface area (Å²) in [5.74, 6) is 0.125. The molecule has 1 aliphatic carbocycles. The fourth-order valence-corrected chi connectivity index (χ4v) is 2.50. The SMILES string of the molecule is Nc1ccccc1NC(=O)CSc1nnnn1C1CC1. The van der Waals surface area contributed by atoms with Gasteiger partial charge in [0.25, 0.3) is 0 Å². The van der Waals surface area contributed by atoms with Crippen LogP contribution in [0, 0.1) is 0 Å². The summed E-state index contributed by atoms with van der Waals surface area (Å²) in [5.41, 5.74) is 6.95. The van der Waals surface area contributed by atoms with Crippen molar-refractivity contribution in [2.75, 3.05) is 16.8 Å². The number of thioether (sulfide) groups is 1. The smallest absolute Gasteiger partial charge is 0.234 e. The van der Waals surface area contributed by atoms with Crippen molar-refractivity contribution in [2.24, 2.45) is 0 Å². The molecule has 0 spiro atoms. The highest BCUT2D eigenvalue weighted by atomic mass is 32.2. The van der Waals surface area contributed by atoms with E-state index in [1.165, 1.54) is 11.8 Å². The number of carbonyl (C=O) groups is 1. The van der Waals surface area contributed by atoms with Gasteiger partial charge >= 0.3 is 0 Å². The van der Waals surface area contributed by atoms with Gasteiger partial charge in [0.05, 0.1) is 23.2 Å². The first-order valence-electron chi connectivity index (χ1n) is 6.29. The minimum absolute atomic E-state index is 0.127. The van der Waals surface area contributed by atoms with E-state index < -0.39 is 0 Å². The predicted molar refractivity (Wildman–Crippen MR) is 76.3 cm³/mol. The lowest BCUT2D eigenvalue weighted by molar-refractivity contribution is -0.113. The van der Waals surface area contributed by atoms with E-state index in [1.54, 1.807) is 16.8 Å². The number of amides is 1. The molecule has 20 heavy (non-hydrogen) atoms. The zero-order valence-electron chi connectivity index (χ0n) is 10.7. The normalized spacial score (nSPS) is 14.2. The molecular weight excluding hydrogens is 276 g/mol. The first-order chi connectivity index (χ1) is 9.74. The van der Waals surface area contributed by atoms with E-state index in [9.17, 15) is 4.79 Å². The largest absolute Gasteiger partial charge is 0.397 e.